The highest BCUT2D eigenvalue weighted by Gasteiger charge is 2.17. The van der Waals surface area contributed by atoms with Gasteiger partial charge in [0.25, 0.3) is 0 Å². The van der Waals surface area contributed by atoms with Crippen LogP contribution in [0.4, 0.5) is 22.0 Å². The molecule has 1 aliphatic rings. The molecule has 0 saturated carbocycles. The fourth-order valence-electron chi connectivity index (χ4n) is 2.79. The first-order chi connectivity index (χ1) is 12.6. The monoisotopic (exact) mass is 353 g/mol. The van der Waals surface area contributed by atoms with Crippen molar-refractivity contribution in [2.24, 2.45) is 0 Å². The highest BCUT2D eigenvalue weighted by atomic mass is 16.2. The minimum absolute atomic E-state index is 0.302. The van der Waals surface area contributed by atoms with Crippen molar-refractivity contribution in [1.82, 2.24) is 10.3 Å². The second-order valence-corrected chi connectivity index (χ2v) is 6.27. The molecule has 1 aliphatic heterocycles. The summed E-state index contributed by atoms with van der Waals surface area (Å²) in [7, 11) is 0. The molecule has 3 N–H and O–H groups in total. The van der Waals surface area contributed by atoms with Gasteiger partial charge in [0.05, 0.1) is 11.9 Å². The lowest BCUT2D eigenvalue weighted by atomic mass is 10.3. The number of urea groups is 1. The molecule has 2 aromatic rings. The van der Waals surface area contributed by atoms with Crippen molar-refractivity contribution >= 4 is 29.1 Å². The number of nitrogens with one attached hydrogen (secondary N) is 3. The summed E-state index contributed by atoms with van der Waals surface area (Å²) < 4.78 is 0. The summed E-state index contributed by atoms with van der Waals surface area (Å²) >= 11 is 0. The smallest absolute Gasteiger partial charge is 0.319 e. The third-order valence-corrected chi connectivity index (χ3v) is 4.22. The van der Waals surface area contributed by atoms with E-state index in [-0.39, 0.29) is 5.91 Å². The van der Waals surface area contributed by atoms with Gasteiger partial charge in [-0.1, -0.05) is 18.2 Å². The van der Waals surface area contributed by atoms with Gasteiger partial charge in [-0.05, 0) is 44.0 Å². The van der Waals surface area contributed by atoms with Crippen LogP contribution in [0.15, 0.2) is 48.7 Å². The zero-order valence-corrected chi connectivity index (χ0v) is 14.7. The number of benzene rings is 1. The Balaban J connectivity index is 1.49. The van der Waals surface area contributed by atoms with Crippen LogP contribution in [-0.2, 0) is 4.79 Å². The minimum Gasteiger partial charge on any atom is -0.357 e. The molecule has 26 heavy (non-hydrogen) atoms. The lowest BCUT2D eigenvalue weighted by Gasteiger charge is -2.17. The predicted molar refractivity (Wildman–Crippen MR) is 102 cm³/mol. The quantitative estimate of drug-likeness (QED) is 0.771. The third kappa shape index (κ3) is 4.72. The fourth-order valence-corrected chi connectivity index (χ4v) is 2.79. The average molecular weight is 353 g/mol. The molecule has 7 heteroatoms. The number of carbonyl (C=O) groups is 2. The molecule has 3 rings (SSSR count). The van der Waals surface area contributed by atoms with Gasteiger partial charge >= 0.3 is 6.03 Å². The first kappa shape index (κ1) is 17.7. The van der Waals surface area contributed by atoms with Crippen LogP contribution in [0.5, 0.6) is 0 Å². The maximum atomic E-state index is 12.2. The molecule has 7 nitrogen and oxygen atoms in total. The molecule has 1 unspecified atom stereocenters. The van der Waals surface area contributed by atoms with E-state index in [0.29, 0.717) is 11.4 Å². The maximum absolute atomic E-state index is 12.2. The van der Waals surface area contributed by atoms with Crippen molar-refractivity contribution in [2.75, 3.05) is 28.6 Å². The minimum atomic E-state index is -0.683. The van der Waals surface area contributed by atoms with Crippen LogP contribution < -0.4 is 20.9 Å². The average Bonchev–Trinajstić information content (AvgIpc) is 3.17. The maximum Gasteiger partial charge on any atom is 0.319 e. The van der Waals surface area contributed by atoms with E-state index in [1.165, 1.54) is 12.8 Å². The van der Waals surface area contributed by atoms with Crippen LogP contribution in [0.3, 0.4) is 0 Å². The Hall–Kier alpha value is -3.09. The summed E-state index contributed by atoms with van der Waals surface area (Å²) in [5.74, 6) is 0.623. The Bertz CT molecular complexity index is 742. The number of pyridine rings is 1. The predicted octanol–water partition coefficient (Wildman–Crippen LogP) is 2.83. The molecule has 0 bridgehead atoms. The van der Waals surface area contributed by atoms with Crippen molar-refractivity contribution in [3.63, 3.8) is 0 Å². The van der Waals surface area contributed by atoms with E-state index in [1.54, 1.807) is 25.3 Å². The van der Waals surface area contributed by atoms with Crippen LogP contribution in [0.1, 0.15) is 19.8 Å². The molecule has 1 saturated heterocycles. The number of hydrogen-bond acceptors (Lipinski definition) is 4. The summed E-state index contributed by atoms with van der Waals surface area (Å²) in [6.07, 6.45) is 4.02. The number of rotatable bonds is 5. The van der Waals surface area contributed by atoms with E-state index in [4.69, 9.17) is 0 Å². The van der Waals surface area contributed by atoms with Crippen LogP contribution in [-0.4, -0.2) is 36.1 Å². The van der Waals surface area contributed by atoms with Crippen molar-refractivity contribution in [2.45, 2.75) is 25.8 Å². The molecule has 2 heterocycles. The fraction of sp³-hybridized carbons (Fsp3) is 0.316. The van der Waals surface area contributed by atoms with Gasteiger partial charge < -0.3 is 20.9 Å². The number of anilines is 3. The Morgan fingerprint density at radius 2 is 1.73 bits per heavy atom. The molecule has 0 aliphatic carbocycles. The lowest BCUT2D eigenvalue weighted by molar-refractivity contribution is -0.117. The Morgan fingerprint density at radius 1 is 1.00 bits per heavy atom. The number of amides is 3. The van der Waals surface area contributed by atoms with Crippen molar-refractivity contribution in [3.05, 3.63) is 48.7 Å². The number of aromatic nitrogens is 1. The SMILES string of the molecule is CC(NC(=O)Nc1ccccc1)C(=O)Nc1ccc(N2CCCC2)nc1. The molecule has 3 amide bonds. The highest BCUT2D eigenvalue weighted by Crippen LogP contribution is 2.19. The van der Waals surface area contributed by atoms with Gasteiger partial charge in [-0.25, -0.2) is 9.78 Å². The Kier molecular flexibility index (Phi) is 5.68. The zero-order valence-electron chi connectivity index (χ0n) is 14.7. The van der Waals surface area contributed by atoms with E-state index >= 15 is 0 Å². The van der Waals surface area contributed by atoms with Crippen LogP contribution in [0.25, 0.3) is 0 Å². The molecule has 1 aromatic heterocycles. The van der Waals surface area contributed by atoms with E-state index in [1.807, 2.05) is 30.3 Å². The lowest BCUT2D eigenvalue weighted by Crippen LogP contribution is -2.43. The second-order valence-electron chi connectivity index (χ2n) is 6.27. The first-order valence-electron chi connectivity index (χ1n) is 8.76. The second kappa shape index (κ2) is 8.33. The standard InChI is InChI=1S/C19H23N5O2/c1-14(21-19(26)23-15-7-3-2-4-8-15)18(25)22-16-9-10-17(20-13-16)24-11-5-6-12-24/h2-4,7-10,13-14H,5-6,11-12H2,1H3,(H,22,25)(H2,21,23,26). The van der Waals surface area contributed by atoms with Crippen molar-refractivity contribution in [1.29, 1.82) is 0 Å². The van der Waals surface area contributed by atoms with Gasteiger partial charge in [0.15, 0.2) is 0 Å². The van der Waals surface area contributed by atoms with E-state index < -0.39 is 12.1 Å². The van der Waals surface area contributed by atoms with Crippen molar-refractivity contribution in [3.8, 4) is 0 Å². The third-order valence-electron chi connectivity index (χ3n) is 4.22. The highest BCUT2D eigenvalue weighted by molar-refractivity contribution is 5.98. The Labute approximate surface area is 152 Å². The number of nitrogens with zero attached hydrogens (tertiary/aromatic N) is 2. The van der Waals surface area contributed by atoms with Crippen LogP contribution in [0, 0.1) is 0 Å². The van der Waals surface area contributed by atoms with Gasteiger partial charge in [0.1, 0.15) is 11.9 Å². The van der Waals surface area contributed by atoms with Gasteiger partial charge in [-0.15, -0.1) is 0 Å². The molecule has 0 radical (unpaired) electrons. The summed E-state index contributed by atoms with van der Waals surface area (Å²) in [4.78, 5) is 30.8. The van der Waals surface area contributed by atoms with Gasteiger partial charge in [-0.2, -0.15) is 0 Å². The number of hydrogen-bond donors (Lipinski definition) is 3. The summed E-state index contributed by atoms with van der Waals surface area (Å²) in [6, 6.07) is 11.7. The van der Waals surface area contributed by atoms with E-state index in [0.717, 1.165) is 18.9 Å². The molecule has 1 fully saturated rings. The van der Waals surface area contributed by atoms with E-state index in [2.05, 4.69) is 25.8 Å². The number of para-hydroxylation sites is 1. The summed E-state index contributed by atoms with van der Waals surface area (Å²) in [5.41, 5.74) is 1.27. The molecule has 0 spiro atoms. The van der Waals surface area contributed by atoms with E-state index in [9.17, 15) is 9.59 Å². The largest absolute Gasteiger partial charge is 0.357 e. The normalized spacial score (nSPS) is 14.6. The molecule has 1 atom stereocenters. The van der Waals surface area contributed by atoms with Gasteiger partial charge in [0.2, 0.25) is 5.91 Å². The number of carbonyl (C=O) groups excluding carboxylic acids is 2. The molecular formula is C19H23N5O2. The first-order valence-corrected chi connectivity index (χ1v) is 8.76. The Morgan fingerprint density at radius 3 is 2.38 bits per heavy atom. The van der Waals surface area contributed by atoms with Crippen molar-refractivity contribution < 1.29 is 9.59 Å². The van der Waals surface area contributed by atoms with Gasteiger partial charge in [-0.3, -0.25) is 4.79 Å². The van der Waals surface area contributed by atoms with Crippen LogP contribution >= 0.6 is 0 Å². The van der Waals surface area contributed by atoms with Gasteiger partial charge in [0, 0.05) is 18.8 Å². The summed E-state index contributed by atoms with van der Waals surface area (Å²) in [5, 5.41) is 8.06. The summed E-state index contributed by atoms with van der Waals surface area (Å²) in [6.45, 7) is 3.68. The molecular weight excluding hydrogens is 330 g/mol. The molecule has 1 aromatic carbocycles. The van der Waals surface area contributed by atoms with Crippen LogP contribution in [0.2, 0.25) is 0 Å². The molecule has 136 valence electrons. The topological polar surface area (TPSA) is 86.4 Å². The zero-order chi connectivity index (χ0) is 18.4.